The lowest BCUT2D eigenvalue weighted by Gasteiger charge is -2.10. The number of carboxylic acids is 1. The number of aryl methyl sites for hydroxylation is 2. The zero-order valence-corrected chi connectivity index (χ0v) is 11.6. The summed E-state index contributed by atoms with van der Waals surface area (Å²) in [5, 5.41) is 11.8. The summed E-state index contributed by atoms with van der Waals surface area (Å²) in [6.07, 6.45) is 0. The van der Waals surface area contributed by atoms with E-state index in [0.717, 1.165) is 11.3 Å². The minimum Gasteiger partial charge on any atom is -0.478 e. The van der Waals surface area contributed by atoms with Crippen LogP contribution in [0.2, 0.25) is 0 Å². The fourth-order valence-corrected chi connectivity index (χ4v) is 1.97. The molecule has 104 valence electrons. The molecule has 5 nitrogen and oxygen atoms in total. The number of carbonyl (C=O) groups excluding carboxylic acids is 1. The fourth-order valence-electron chi connectivity index (χ4n) is 1.97. The molecule has 0 radical (unpaired) electrons. The Balaban J connectivity index is 2.33. The first-order valence-corrected chi connectivity index (χ1v) is 6.17. The molecule has 0 unspecified atom stereocenters. The van der Waals surface area contributed by atoms with Gasteiger partial charge in [-0.25, -0.2) is 4.79 Å². The lowest BCUT2D eigenvalue weighted by Crippen LogP contribution is -2.18. The maximum absolute atomic E-state index is 12.2. The highest BCUT2D eigenvalue weighted by Crippen LogP contribution is 2.19. The first-order chi connectivity index (χ1) is 9.40. The molecule has 0 atom stereocenters. The summed E-state index contributed by atoms with van der Waals surface area (Å²) < 4.78 is 1.75. The number of anilines is 1. The first-order valence-electron chi connectivity index (χ1n) is 6.17. The SMILES string of the molecule is Cc1ccc(NC(=O)c2ccc(C)n2C)c(C(=O)O)c1. The van der Waals surface area contributed by atoms with Crippen LogP contribution in [-0.4, -0.2) is 21.6 Å². The maximum atomic E-state index is 12.2. The molecule has 0 aliphatic carbocycles. The van der Waals surface area contributed by atoms with Crippen molar-refractivity contribution >= 4 is 17.6 Å². The van der Waals surface area contributed by atoms with Crippen LogP contribution >= 0.6 is 0 Å². The zero-order chi connectivity index (χ0) is 14.9. The number of nitrogens with zero attached hydrogens (tertiary/aromatic N) is 1. The third-order valence-corrected chi connectivity index (χ3v) is 3.26. The number of carboxylic acid groups (broad SMARTS) is 1. The van der Waals surface area contributed by atoms with E-state index < -0.39 is 5.97 Å². The Labute approximate surface area is 116 Å². The van der Waals surface area contributed by atoms with E-state index in [1.165, 1.54) is 6.07 Å². The van der Waals surface area contributed by atoms with E-state index in [9.17, 15) is 14.7 Å². The Hall–Kier alpha value is -2.56. The third-order valence-electron chi connectivity index (χ3n) is 3.26. The summed E-state index contributed by atoms with van der Waals surface area (Å²) in [5.41, 5.74) is 2.66. The molecule has 0 spiro atoms. The maximum Gasteiger partial charge on any atom is 0.337 e. The molecule has 2 N–H and O–H groups in total. The van der Waals surface area contributed by atoms with Gasteiger partial charge in [0.05, 0.1) is 11.3 Å². The third kappa shape index (κ3) is 2.56. The minimum absolute atomic E-state index is 0.0873. The van der Waals surface area contributed by atoms with Crippen LogP contribution in [0.15, 0.2) is 30.3 Å². The molecule has 2 aromatic rings. The Morgan fingerprint density at radius 1 is 1.15 bits per heavy atom. The second kappa shape index (κ2) is 5.21. The predicted octanol–water partition coefficient (Wildman–Crippen LogP) is 2.59. The number of hydrogen-bond acceptors (Lipinski definition) is 2. The summed E-state index contributed by atoms with van der Waals surface area (Å²) in [5.74, 6) is -1.39. The zero-order valence-electron chi connectivity index (χ0n) is 11.6. The van der Waals surface area contributed by atoms with Gasteiger partial charge >= 0.3 is 5.97 Å². The van der Waals surface area contributed by atoms with Gasteiger partial charge in [-0.1, -0.05) is 11.6 Å². The standard InChI is InChI=1S/C15H16N2O3/c1-9-4-6-12(11(8-9)15(19)20)16-14(18)13-7-5-10(2)17(13)3/h4-8H,1-3H3,(H,16,18)(H,19,20). The van der Waals surface area contributed by atoms with Gasteiger partial charge in [-0.3, -0.25) is 4.79 Å². The van der Waals surface area contributed by atoms with E-state index in [1.54, 1.807) is 36.7 Å². The van der Waals surface area contributed by atoms with Crippen molar-refractivity contribution < 1.29 is 14.7 Å². The van der Waals surface area contributed by atoms with Crippen molar-refractivity contribution in [2.75, 3.05) is 5.32 Å². The van der Waals surface area contributed by atoms with Gasteiger partial charge in [0.15, 0.2) is 0 Å². The molecule has 1 aromatic carbocycles. The van der Waals surface area contributed by atoms with E-state index in [1.807, 2.05) is 13.0 Å². The van der Waals surface area contributed by atoms with E-state index in [0.29, 0.717) is 11.4 Å². The second-order valence-corrected chi connectivity index (χ2v) is 4.73. The van der Waals surface area contributed by atoms with Gasteiger partial charge in [-0.05, 0) is 38.1 Å². The largest absolute Gasteiger partial charge is 0.478 e. The van der Waals surface area contributed by atoms with Gasteiger partial charge in [-0.15, -0.1) is 0 Å². The van der Waals surface area contributed by atoms with E-state index in [2.05, 4.69) is 5.32 Å². The van der Waals surface area contributed by atoms with Crippen molar-refractivity contribution in [2.24, 2.45) is 7.05 Å². The monoisotopic (exact) mass is 272 g/mol. The van der Waals surface area contributed by atoms with E-state index in [-0.39, 0.29) is 11.5 Å². The Bertz CT molecular complexity index is 686. The highest BCUT2D eigenvalue weighted by molar-refractivity contribution is 6.07. The number of benzene rings is 1. The average Bonchev–Trinajstić information content (AvgIpc) is 2.72. The molecule has 0 saturated heterocycles. The van der Waals surface area contributed by atoms with Crippen LogP contribution in [0.4, 0.5) is 5.69 Å². The topological polar surface area (TPSA) is 71.3 Å². The summed E-state index contributed by atoms with van der Waals surface area (Å²) in [6, 6.07) is 8.44. The number of hydrogen-bond donors (Lipinski definition) is 2. The minimum atomic E-state index is -1.06. The number of aromatic carboxylic acids is 1. The molecule has 0 bridgehead atoms. The molecule has 0 aliphatic rings. The van der Waals surface area contributed by atoms with Gasteiger partial charge in [0, 0.05) is 12.7 Å². The molecular formula is C15H16N2O3. The molecule has 1 amide bonds. The molecule has 5 heteroatoms. The van der Waals surface area contributed by atoms with Gasteiger partial charge in [0.25, 0.3) is 5.91 Å². The van der Waals surface area contributed by atoms with Crippen molar-refractivity contribution in [3.63, 3.8) is 0 Å². The van der Waals surface area contributed by atoms with Crippen molar-refractivity contribution in [1.29, 1.82) is 0 Å². The Kier molecular flexibility index (Phi) is 3.61. The number of nitrogens with one attached hydrogen (secondary N) is 1. The van der Waals surface area contributed by atoms with Crippen LogP contribution in [0.5, 0.6) is 0 Å². The van der Waals surface area contributed by atoms with Crippen molar-refractivity contribution in [3.05, 3.63) is 52.8 Å². The van der Waals surface area contributed by atoms with Gasteiger partial charge in [0.1, 0.15) is 5.69 Å². The quantitative estimate of drug-likeness (QED) is 0.902. The summed E-state index contributed by atoms with van der Waals surface area (Å²) >= 11 is 0. The Morgan fingerprint density at radius 2 is 1.85 bits per heavy atom. The molecule has 0 aliphatic heterocycles. The lowest BCUT2D eigenvalue weighted by molar-refractivity contribution is 0.0698. The second-order valence-electron chi connectivity index (χ2n) is 4.73. The van der Waals surface area contributed by atoms with Crippen molar-refractivity contribution in [3.8, 4) is 0 Å². The van der Waals surface area contributed by atoms with Crippen LogP contribution in [0.1, 0.15) is 32.1 Å². The Morgan fingerprint density at radius 3 is 2.40 bits per heavy atom. The number of amides is 1. The van der Waals surface area contributed by atoms with Crippen molar-refractivity contribution in [1.82, 2.24) is 4.57 Å². The molecule has 2 rings (SSSR count). The van der Waals surface area contributed by atoms with Crippen LogP contribution < -0.4 is 5.32 Å². The molecular weight excluding hydrogens is 256 g/mol. The van der Waals surface area contributed by atoms with E-state index >= 15 is 0 Å². The van der Waals surface area contributed by atoms with Gasteiger partial charge in [-0.2, -0.15) is 0 Å². The summed E-state index contributed by atoms with van der Waals surface area (Å²) in [6.45, 7) is 3.70. The average molecular weight is 272 g/mol. The number of rotatable bonds is 3. The van der Waals surface area contributed by atoms with Crippen LogP contribution in [0.3, 0.4) is 0 Å². The van der Waals surface area contributed by atoms with Crippen LogP contribution in [0.25, 0.3) is 0 Å². The summed E-state index contributed by atoms with van der Waals surface area (Å²) in [4.78, 5) is 23.4. The highest BCUT2D eigenvalue weighted by atomic mass is 16.4. The predicted molar refractivity (Wildman–Crippen MR) is 76.2 cm³/mol. The summed E-state index contributed by atoms with van der Waals surface area (Å²) in [7, 11) is 1.79. The number of carbonyl (C=O) groups is 2. The number of aromatic nitrogens is 1. The molecule has 20 heavy (non-hydrogen) atoms. The highest BCUT2D eigenvalue weighted by Gasteiger charge is 2.15. The van der Waals surface area contributed by atoms with Crippen LogP contribution in [-0.2, 0) is 7.05 Å². The fraction of sp³-hybridized carbons (Fsp3) is 0.200. The molecule has 0 saturated carbocycles. The first kappa shape index (κ1) is 13.9. The van der Waals surface area contributed by atoms with Gasteiger partial charge < -0.3 is 15.0 Å². The lowest BCUT2D eigenvalue weighted by atomic mass is 10.1. The normalized spacial score (nSPS) is 10.3. The smallest absolute Gasteiger partial charge is 0.337 e. The molecule has 0 fully saturated rings. The van der Waals surface area contributed by atoms with Gasteiger partial charge in [0.2, 0.25) is 0 Å². The molecule has 1 heterocycles. The van der Waals surface area contributed by atoms with E-state index in [4.69, 9.17) is 0 Å². The molecule has 1 aromatic heterocycles. The van der Waals surface area contributed by atoms with Crippen molar-refractivity contribution in [2.45, 2.75) is 13.8 Å². The van der Waals surface area contributed by atoms with Crippen LogP contribution in [0, 0.1) is 13.8 Å².